The van der Waals surface area contributed by atoms with E-state index in [2.05, 4.69) is 26.7 Å². The predicted molar refractivity (Wildman–Crippen MR) is 50.8 cm³/mol. The monoisotopic (exact) mass is 172 g/mol. The van der Waals surface area contributed by atoms with Crippen LogP contribution in [0.25, 0.3) is 0 Å². The van der Waals surface area contributed by atoms with Gasteiger partial charge in [0.25, 0.3) is 0 Å². The molecule has 0 bridgehead atoms. The maximum Gasteiger partial charge on any atom is 0.116 e. The van der Waals surface area contributed by atoms with Gasteiger partial charge in [-0.1, -0.05) is 31.9 Å². The van der Waals surface area contributed by atoms with E-state index in [-0.39, 0.29) is 5.41 Å². The van der Waals surface area contributed by atoms with Gasteiger partial charge in [0.15, 0.2) is 0 Å². The molecule has 0 aromatic rings. The van der Waals surface area contributed by atoms with Gasteiger partial charge in [-0.3, -0.25) is 0 Å². The second-order valence-corrected chi connectivity index (χ2v) is 5.38. The lowest BCUT2D eigenvalue weighted by Gasteiger charge is -2.20. The number of hydrogen-bond donors (Lipinski definition) is 0. The Balaban J connectivity index is 3.54. The molecule has 1 unspecified atom stereocenters. The summed E-state index contributed by atoms with van der Waals surface area (Å²) in [7, 11) is 0. The second kappa shape index (κ2) is 4.69. The third-order valence-electron chi connectivity index (χ3n) is 1.07. The first-order valence-corrected chi connectivity index (χ1v) is 5.23. The smallest absolute Gasteiger partial charge is 0.116 e. The van der Waals surface area contributed by atoms with Crippen LogP contribution >= 0.6 is 0 Å². The van der Waals surface area contributed by atoms with Crippen LogP contribution in [0.15, 0.2) is 0 Å². The molecule has 0 rings (SSSR count). The maximum atomic E-state index is 11.2. The van der Waals surface area contributed by atoms with Crippen LogP contribution in [-0.2, 0) is 11.2 Å². The average Bonchev–Trinajstić information content (AvgIpc) is 1.79. The summed E-state index contributed by atoms with van der Waals surface area (Å²) >= 11 is -0.732. The van der Waals surface area contributed by atoms with Crippen molar-refractivity contribution in [3.8, 4) is 12.3 Å². The van der Waals surface area contributed by atoms with Crippen molar-refractivity contribution in [2.24, 2.45) is 5.41 Å². The predicted octanol–water partition coefficient (Wildman–Crippen LogP) is 1.80. The third kappa shape index (κ3) is 7.77. The molecule has 0 aliphatic carbocycles. The third-order valence-corrected chi connectivity index (χ3v) is 2.92. The van der Waals surface area contributed by atoms with E-state index < -0.39 is 11.2 Å². The minimum absolute atomic E-state index is 0.152. The van der Waals surface area contributed by atoms with Gasteiger partial charge in [0, 0.05) is 5.41 Å². The van der Waals surface area contributed by atoms with Crippen LogP contribution in [0.5, 0.6) is 0 Å². The van der Waals surface area contributed by atoms with Gasteiger partial charge in [0.05, 0.1) is 6.42 Å². The Labute approximate surface area is 72.8 Å². The molecule has 0 aromatic heterocycles. The van der Waals surface area contributed by atoms with E-state index in [1.54, 1.807) is 0 Å². The van der Waals surface area contributed by atoms with Crippen LogP contribution in [0.3, 0.4) is 0 Å². The van der Waals surface area contributed by atoms with E-state index in [0.29, 0.717) is 12.2 Å². The summed E-state index contributed by atoms with van der Waals surface area (Å²) in [5, 5.41) is 0. The van der Waals surface area contributed by atoms with Crippen molar-refractivity contribution in [3.63, 3.8) is 0 Å². The molecular weight excluding hydrogens is 156 g/mol. The molecule has 0 spiro atoms. The lowest BCUT2D eigenvalue weighted by Crippen LogP contribution is -2.22. The topological polar surface area (TPSA) is 23.1 Å². The zero-order chi connectivity index (χ0) is 8.91. The zero-order valence-corrected chi connectivity index (χ0v) is 8.33. The van der Waals surface area contributed by atoms with Gasteiger partial charge in [-0.2, -0.15) is 0 Å². The Kier molecular flexibility index (Phi) is 4.63. The molecule has 0 aromatic carbocycles. The lowest BCUT2D eigenvalue weighted by molar-refractivity contribution is 0.461. The summed E-state index contributed by atoms with van der Waals surface area (Å²) in [4.78, 5) is 0. The van der Waals surface area contributed by atoms with Crippen molar-refractivity contribution in [2.75, 3.05) is 11.5 Å². The van der Waals surface area contributed by atoms with Gasteiger partial charge in [-0.25, -0.2) is 0 Å². The molecule has 1 atom stereocenters. The number of terminal acetylenes is 1. The highest BCUT2D eigenvalue weighted by molar-refractivity contribution is 7.91. The second-order valence-electron chi connectivity index (χ2n) is 3.80. The van der Waals surface area contributed by atoms with Crippen LogP contribution in [0.2, 0.25) is 0 Å². The zero-order valence-electron chi connectivity index (χ0n) is 7.52. The van der Waals surface area contributed by atoms with Crippen LogP contribution in [0.4, 0.5) is 0 Å². The first-order valence-electron chi connectivity index (χ1n) is 3.74. The summed E-state index contributed by atoms with van der Waals surface area (Å²) in [5.41, 5.74) is 0.152. The molecule has 64 valence electrons. The van der Waals surface area contributed by atoms with Gasteiger partial charge in [0.2, 0.25) is 0 Å². The lowest BCUT2D eigenvalue weighted by atomic mass is 10.0. The molecule has 11 heavy (non-hydrogen) atoms. The minimum Gasteiger partial charge on any atom is -0.616 e. The van der Waals surface area contributed by atoms with Gasteiger partial charge < -0.3 is 4.55 Å². The van der Waals surface area contributed by atoms with Gasteiger partial charge in [-0.05, 0) is 0 Å². The Hall–Kier alpha value is -0.130. The molecule has 0 saturated heterocycles. The van der Waals surface area contributed by atoms with E-state index in [9.17, 15) is 4.55 Å². The van der Waals surface area contributed by atoms with E-state index in [1.165, 1.54) is 0 Å². The maximum absolute atomic E-state index is 11.2. The SMILES string of the molecule is C#CCC[S+]([O-])CC(C)(C)C. The first kappa shape index (κ1) is 10.9. The van der Waals surface area contributed by atoms with Gasteiger partial charge in [0.1, 0.15) is 11.5 Å². The van der Waals surface area contributed by atoms with Crippen molar-refractivity contribution < 1.29 is 4.55 Å². The standard InChI is InChI=1S/C9H16OS/c1-5-6-7-11(10)8-9(2,3)4/h1H,6-8H2,2-4H3. The molecule has 0 amide bonds. The van der Waals surface area contributed by atoms with Crippen LogP contribution in [-0.4, -0.2) is 16.1 Å². The van der Waals surface area contributed by atoms with Crippen molar-refractivity contribution in [2.45, 2.75) is 27.2 Å². The number of hydrogen-bond acceptors (Lipinski definition) is 1. The van der Waals surface area contributed by atoms with Gasteiger partial charge >= 0.3 is 0 Å². The van der Waals surface area contributed by atoms with Crippen molar-refractivity contribution >= 4 is 11.2 Å². The Bertz CT molecular complexity index is 141. The molecule has 0 aliphatic heterocycles. The van der Waals surface area contributed by atoms with Crippen molar-refractivity contribution in [1.82, 2.24) is 0 Å². The van der Waals surface area contributed by atoms with Crippen molar-refractivity contribution in [1.29, 1.82) is 0 Å². The molecule has 1 nitrogen and oxygen atoms in total. The normalized spacial score (nSPS) is 14.1. The molecule has 2 heteroatoms. The summed E-state index contributed by atoms with van der Waals surface area (Å²) < 4.78 is 11.2. The Morgan fingerprint density at radius 3 is 2.36 bits per heavy atom. The summed E-state index contributed by atoms with van der Waals surface area (Å²) in [6, 6.07) is 0. The van der Waals surface area contributed by atoms with E-state index in [4.69, 9.17) is 6.42 Å². The molecular formula is C9H16OS. The molecule has 0 radical (unpaired) electrons. The van der Waals surface area contributed by atoms with Gasteiger partial charge in [-0.15, -0.1) is 12.3 Å². The van der Waals surface area contributed by atoms with E-state index >= 15 is 0 Å². The summed E-state index contributed by atoms with van der Waals surface area (Å²) in [6.45, 7) is 6.25. The molecule has 0 heterocycles. The fraction of sp³-hybridized carbons (Fsp3) is 0.778. The quantitative estimate of drug-likeness (QED) is 0.470. The molecule has 0 saturated carbocycles. The summed E-state index contributed by atoms with van der Waals surface area (Å²) in [5.74, 6) is 3.88. The average molecular weight is 172 g/mol. The molecule has 0 N–H and O–H groups in total. The Morgan fingerprint density at radius 1 is 1.45 bits per heavy atom. The van der Waals surface area contributed by atoms with Crippen LogP contribution in [0, 0.1) is 17.8 Å². The Morgan fingerprint density at radius 2 is 2.00 bits per heavy atom. The van der Waals surface area contributed by atoms with E-state index in [1.807, 2.05) is 0 Å². The highest BCUT2D eigenvalue weighted by Gasteiger charge is 2.18. The van der Waals surface area contributed by atoms with E-state index in [0.717, 1.165) is 5.75 Å². The van der Waals surface area contributed by atoms with Crippen LogP contribution in [0.1, 0.15) is 27.2 Å². The first-order chi connectivity index (χ1) is 4.95. The highest BCUT2D eigenvalue weighted by atomic mass is 32.2. The minimum atomic E-state index is -0.732. The summed E-state index contributed by atoms with van der Waals surface area (Å²) in [6.07, 6.45) is 5.68. The molecule has 0 fully saturated rings. The largest absolute Gasteiger partial charge is 0.616 e. The number of rotatable bonds is 3. The molecule has 0 aliphatic rings. The highest BCUT2D eigenvalue weighted by Crippen LogP contribution is 2.16. The fourth-order valence-electron chi connectivity index (χ4n) is 0.728. The van der Waals surface area contributed by atoms with Crippen LogP contribution < -0.4 is 0 Å². The van der Waals surface area contributed by atoms with Crippen molar-refractivity contribution in [3.05, 3.63) is 0 Å². The fourth-order valence-corrected chi connectivity index (χ4v) is 2.18.